The largest absolute Gasteiger partial charge is 0.486 e. The third kappa shape index (κ3) is 2.75. The summed E-state index contributed by atoms with van der Waals surface area (Å²) in [6.45, 7) is 4.16. The molecule has 1 aromatic carbocycles. The number of hydrogen-bond acceptors (Lipinski definition) is 5. The number of benzene rings is 1. The van der Waals surface area contributed by atoms with E-state index in [-0.39, 0.29) is 5.60 Å². The Balaban J connectivity index is 1.61. The average Bonchev–Trinajstić information content (AvgIpc) is 2.97. The number of para-hydroxylation sites is 1. The van der Waals surface area contributed by atoms with Crippen molar-refractivity contribution in [1.82, 2.24) is 5.32 Å². The lowest BCUT2D eigenvalue weighted by Crippen LogP contribution is -2.42. The monoisotopic (exact) mass is 279 g/mol. The first-order valence-electron chi connectivity index (χ1n) is 7.04. The molecule has 110 valence electrons. The van der Waals surface area contributed by atoms with Gasteiger partial charge in [-0.05, 0) is 6.07 Å². The lowest BCUT2D eigenvalue weighted by molar-refractivity contribution is -0.0159. The molecule has 1 N–H and O–H groups in total. The van der Waals surface area contributed by atoms with E-state index in [1.807, 2.05) is 12.1 Å². The van der Waals surface area contributed by atoms with E-state index >= 15 is 0 Å². The van der Waals surface area contributed by atoms with E-state index in [1.165, 1.54) is 0 Å². The van der Waals surface area contributed by atoms with Crippen LogP contribution in [0, 0.1) is 0 Å². The molecule has 2 aliphatic heterocycles. The molecule has 1 fully saturated rings. The van der Waals surface area contributed by atoms with E-state index in [1.54, 1.807) is 7.11 Å². The average molecular weight is 279 g/mol. The number of rotatable bonds is 5. The summed E-state index contributed by atoms with van der Waals surface area (Å²) in [6.07, 6.45) is 0.934. The van der Waals surface area contributed by atoms with E-state index in [0.717, 1.165) is 43.2 Å². The number of fused-ring (bicyclic) bond motifs is 1. The second kappa shape index (κ2) is 5.99. The Hall–Kier alpha value is -1.30. The fraction of sp³-hybridized carbons (Fsp3) is 0.600. The molecule has 0 aromatic heterocycles. The van der Waals surface area contributed by atoms with Gasteiger partial charge in [-0.3, -0.25) is 0 Å². The molecule has 3 rings (SSSR count). The van der Waals surface area contributed by atoms with Crippen molar-refractivity contribution in [3.63, 3.8) is 0 Å². The third-order valence-corrected chi connectivity index (χ3v) is 3.91. The van der Waals surface area contributed by atoms with Gasteiger partial charge in [0.25, 0.3) is 0 Å². The quantitative estimate of drug-likeness (QED) is 0.882. The van der Waals surface area contributed by atoms with Gasteiger partial charge in [0.15, 0.2) is 11.5 Å². The van der Waals surface area contributed by atoms with Crippen LogP contribution in [0.15, 0.2) is 18.2 Å². The van der Waals surface area contributed by atoms with E-state index in [0.29, 0.717) is 19.8 Å². The molecule has 1 atom stereocenters. The molecule has 1 aromatic rings. The summed E-state index contributed by atoms with van der Waals surface area (Å²) in [6, 6.07) is 6.00. The van der Waals surface area contributed by atoms with Crippen molar-refractivity contribution in [2.75, 3.05) is 40.1 Å². The molecule has 0 saturated carbocycles. The molecular weight excluding hydrogens is 258 g/mol. The van der Waals surface area contributed by atoms with Crippen LogP contribution in [0.5, 0.6) is 11.5 Å². The van der Waals surface area contributed by atoms with Crippen molar-refractivity contribution >= 4 is 0 Å². The van der Waals surface area contributed by atoms with Crippen molar-refractivity contribution in [1.29, 1.82) is 0 Å². The summed E-state index contributed by atoms with van der Waals surface area (Å²) in [5, 5.41) is 3.44. The van der Waals surface area contributed by atoms with Crippen LogP contribution in [-0.4, -0.2) is 45.7 Å². The summed E-state index contributed by atoms with van der Waals surface area (Å²) in [4.78, 5) is 0. The van der Waals surface area contributed by atoms with Gasteiger partial charge in [0.05, 0.1) is 6.61 Å². The van der Waals surface area contributed by atoms with Crippen molar-refractivity contribution in [2.24, 2.45) is 0 Å². The fourth-order valence-corrected chi connectivity index (χ4v) is 2.66. The highest BCUT2D eigenvalue weighted by Crippen LogP contribution is 2.33. The van der Waals surface area contributed by atoms with Crippen LogP contribution in [0.4, 0.5) is 0 Å². The summed E-state index contributed by atoms with van der Waals surface area (Å²) in [7, 11) is 1.75. The summed E-state index contributed by atoms with van der Waals surface area (Å²) in [5.74, 6) is 1.70. The minimum atomic E-state index is -0.188. The number of hydrogen-bond donors (Lipinski definition) is 1. The first-order valence-corrected chi connectivity index (χ1v) is 7.04. The maximum absolute atomic E-state index is 5.71. The Kier molecular flexibility index (Phi) is 4.10. The zero-order valence-corrected chi connectivity index (χ0v) is 11.8. The summed E-state index contributed by atoms with van der Waals surface area (Å²) in [5.41, 5.74) is 0.930. The Labute approximate surface area is 119 Å². The van der Waals surface area contributed by atoms with Gasteiger partial charge in [-0.2, -0.15) is 0 Å². The fourth-order valence-electron chi connectivity index (χ4n) is 2.66. The van der Waals surface area contributed by atoms with Crippen molar-refractivity contribution < 1.29 is 18.9 Å². The zero-order chi connectivity index (χ0) is 13.8. The Morgan fingerprint density at radius 3 is 2.95 bits per heavy atom. The highest BCUT2D eigenvalue weighted by atomic mass is 16.6. The molecule has 5 heteroatoms. The molecule has 0 bridgehead atoms. The van der Waals surface area contributed by atoms with Crippen LogP contribution in [0.1, 0.15) is 12.0 Å². The molecule has 1 saturated heterocycles. The van der Waals surface area contributed by atoms with Gasteiger partial charge in [-0.25, -0.2) is 0 Å². The van der Waals surface area contributed by atoms with Crippen molar-refractivity contribution in [3.05, 3.63) is 23.8 Å². The Bertz CT molecular complexity index is 457. The molecule has 0 aliphatic carbocycles. The van der Waals surface area contributed by atoms with Gasteiger partial charge in [-0.1, -0.05) is 12.1 Å². The second-order valence-electron chi connectivity index (χ2n) is 5.23. The normalized spacial score (nSPS) is 24.9. The lowest BCUT2D eigenvalue weighted by atomic mass is 10.0. The third-order valence-electron chi connectivity index (χ3n) is 3.91. The van der Waals surface area contributed by atoms with Gasteiger partial charge >= 0.3 is 0 Å². The van der Waals surface area contributed by atoms with Crippen molar-refractivity contribution in [3.8, 4) is 11.5 Å². The molecule has 2 aliphatic rings. The van der Waals surface area contributed by atoms with Crippen molar-refractivity contribution in [2.45, 2.75) is 18.6 Å². The van der Waals surface area contributed by atoms with Crippen LogP contribution >= 0.6 is 0 Å². The molecular formula is C15H21NO4. The number of methoxy groups -OCH3 is 1. The summed E-state index contributed by atoms with van der Waals surface area (Å²) >= 11 is 0. The number of ether oxygens (including phenoxy) is 4. The minimum Gasteiger partial charge on any atom is -0.486 e. The van der Waals surface area contributed by atoms with Crippen LogP contribution < -0.4 is 14.8 Å². The molecule has 2 heterocycles. The van der Waals surface area contributed by atoms with Crippen LogP contribution in [-0.2, 0) is 16.0 Å². The minimum absolute atomic E-state index is 0.188. The molecule has 0 radical (unpaired) electrons. The highest BCUT2D eigenvalue weighted by Gasteiger charge is 2.34. The van der Waals surface area contributed by atoms with Crippen LogP contribution in [0.3, 0.4) is 0 Å². The van der Waals surface area contributed by atoms with Gasteiger partial charge in [-0.15, -0.1) is 0 Å². The lowest BCUT2D eigenvalue weighted by Gasteiger charge is -2.26. The second-order valence-corrected chi connectivity index (χ2v) is 5.23. The standard InChI is InChI=1S/C15H21NO4/c1-17-15(5-6-18-11-15)10-16-9-12-3-2-4-13-14(12)20-8-7-19-13/h2-4,16H,5-11H2,1H3. The van der Waals surface area contributed by atoms with Gasteiger partial charge in [0, 0.05) is 38.8 Å². The highest BCUT2D eigenvalue weighted by molar-refractivity contribution is 5.47. The zero-order valence-electron chi connectivity index (χ0n) is 11.8. The van der Waals surface area contributed by atoms with E-state index in [4.69, 9.17) is 18.9 Å². The van der Waals surface area contributed by atoms with E-state index < -0.39 is 0 Å². The predicted molar refractivity (Wildman–Crippen MR) is 74.3 cm³/mol. The van der Waals surface area contributed by atoms with E-state index in [2.05, 4.69) is 11.4 Å². The Morgan fingerprint density at radius 1 is 1.25 bits per heavy atom. The maximum atomic E-state index is 5.71. The molecule has 1 unspecified atom stereocenters. The van der Waals surface area contributed by atoms with Gasteiger partial charge < -0.3 is 24.3 Å². The first-order chi connectivity index (χ1) is 9.83. The van der Waals surface area contributed by atoms with Gasteiger partial charge in [0.1, 0.15) is 18.8 Å². The number of nitrogens with one attached hydrogen (secondary N) is 1. The van der Waals surface area contributed by atoms with Gasteiger partial charge in [0.2, 0.25) is 0 Å². The summed E-state index contributed by atoms with van der Waals surface area (Å²) < 4.78 is 22.3. The molecule has 20 heavy (non-hydrogen) atoms. The molecule has 0 amide bonds. The maximum Gasteiger partial charge on any atom is 0.165 e. The SMILES string of the molecule is COC1(CNCc2cccc3c2OCCO3)CCOC1. The predicted octanol–water partition coefficient (Wildman–Crippen LogP) is 1.35. The smallest absolute Gasteiger partial charge is 0.165 e. The first kappa shape index (κ1) is 13.7. The van der Waals surface area contributed by atoms with Crippen LogP contribution in [0.25, 0.3) is 0 Å². The molecule has 0 spiro atoms. The molecule has 5 nitrogen and oxygen atoms in total. The Morgan fingerprint density at radius 2 is 2.15 bits per heavy atom. The topological polar surface area (TPSA) is 49.0 Å². The van der Waals surface area contributed by atoms with E-state index in [9.17, 15) is 0 Å². The van der Waals surface area contributed by atoms with Crippen LogP contribution in [0.2, 0.25) is 0 Å².